The van der Waals surface area contributed by atoms with Crippen molar-refractivity contribution in [2.45, 2.75) is 57.7 Å². The second-order valence-corrected chi connectivity index (χ2v) is 13.1. The fraction of sp³-hybridized carbons (Fsp3) is 0.429. The van der Waals surface area contributed by atoms with Crippen molar-refractivity contribution in [3.05, 3.63) is 72.6 Å². The van der Waals surface area contributed by atoms with E-state index in [4.69, 9.17) is 13.0 Å². The van der Waals surface area contributed by atoms with Gasteiger partial charge in [0.05, 0.1) is 42.4 Å². The van der Waals surface area contributed by atoms with Crippen LogP contribution in [-0.4, -0.2) is 93.7 Å². The minimum atomic E-state index is -0.332. The number of imidazole rings is 2. The molecular weight excluding hydrogens is 573 g/mol. The number of H-pyrrole nitrogens is 2. The Morgan fingerprint density at radius 2 is 1.37 bits per heavy atom. The third-order valence-electron chi connectivity index (χ3n) is 9.65. The summed E-state index contributed by atoms with van der Waals surface area (Å²) in [5.74, 6) is 2.82. The number of hydrogen-bond acceptors (Lipinski definition) is 7. The first-order valence-electron chi connectivity index (χ1n) is 16.5. The van der Waals surface area contributed by atoms with Gasteiger partial charge in [0.1, 0.15) is 17.7 Å². The molecule has 2 fully saturated rings. The van der Waals surface area contributed by atoms with Crippen molar-refractivity contribution in [2.24, 2.45) is 10.9 Å². The number of likely N-dealkylation sites (N-methyl/N-ethyl adjacent to an activating group) is 1. The second kappa shape index (κ2) is 12.8. The molecule has 2 aromatic carbocycles. The Kier molecular flexibility index (Phi) is 8.42. The number of carbonyl (C=O) groups is 1. The average Bonchev–Trinajstić information content (AvgIpc) is 3.91. The molecule has 0 unspecified atom stereocenters. The fourth-order valence-corrected chi connectivity index (χ4v) is 6.91. The molecule has 3 aliphatic heterocycles. The molecule has 11 heteroatoms. The number of nitrogens with zero attached hydrogens (tertiary/aromatic N) is 6. The minimum Gasteiger partial charge on any atom is -0.345 e. The highest BCUT2D eigenvalue weighted by Gasteiger charge is 2.37. The zero-order valence-electron chi connectivity index (χ0n) is 26.9. The average molecular weight is 616 g/mol. The van der Waals surface area contributed by atoms with Crippen molar-refractivity contribution in [1.29, 1.82) is 0 Å². The SMILES string of the molecule is [B]N1CCC[C@H]1c1ncc(-c2ccc(-c3ccc(-c4cnc([C@@H]5CCCN5C(=O)[C@H](NC5=NCCN5C)C(C)C)[nH]4)cc3)cc2)[nH]1. The van der Waals surface area contributed by atoms with E-state index in [2.05, 4.69) is 92.5 Å². The van der Waals surface area contributed by atoms with Crippen LogP contribution in [0.4, 0.5) is 0 Å². The molecule has 0 spiro atoms. The number of guanidine groups is 1. The zero-order chi connectivity index (χ0) is 31.8. The number of rotatable bonds is 8. The monoisotopic (exact) mass is 615 g/mol. The van der Waals surface area contributed by atoms with Crippen LogP contribution in [0.15, 0.2) is 65.9 Å². The van der Waals surface area contributed by atoms with E-state index in [-0.39, 0.29) is 30.0 Å². The lowest BCUT2D eigenvalue weighted by atomic mass is 10.0. The number of carbonyl (C=O) groups excluding carboxylic acids is 1. The molecule has 3 atom stereocenters. The minimum absolute atomic E-state index is 0.0660. The highest BCUT2D eigenvalue weighted by Crippen LogP contribution is 2.34. The summed E-state index contributed by atoms with van der Waals surface area (Å²) in [5.41, 5.74) is 6.39. The lowest BCUT2D eigenvalue weighted by Gasteiger charge is -2.31. The third kappa shape index (κ3) is 5.96. The highest BCUT2D eigenvalue weighted by atomic mass is 16.2. The van der Waals surface area contributed by atoms with Gasteiger partial charge in [0.2, 0.25) is 5.91 Å². The molecule has 2 aromatic heterocycles. The van der Waals surface area contributed by atoms with Crippen molar-refractivity contribution in [3.8, 4) is 33.6 Å². The molecule has 0 bridgehead atoms. The quantitative estimate of drug-likeness (QED) is 0.243. The van der Waals surface area contributed by atoms with Gasteiger partial charge in [-0.05, 0) is 60.4 Å². The van der Waals surface area contributed by atoms with Gasteiger partial charge in [-0.25, -0.2) is 9.97 Å². The molecule has 0 saturated carbocycles. The highest BCUT2D eigenvalue weighted by molar-refractivity contribution is 6.04. The second-order valence-electron chi connectivity index (χ2n) is 13.1. The number of likely N-dealkylation sites (tertiary alicyclic amines) is 1. The Morgan fingerprint density at radius 1 is 0.826 bits per heavy atom. The maximum absolute atomic E-state index is 13.8. The van der Waals surface area contributed by atoms with Gasteiger partial charge >= 0.3 is 0 Å². The summed E-state index contributed by atoms with van der Waals surface area (Å²) in [6, 6.07) is 16.8. The maximum atomic E-state index is 13.8. The van der Waals surface area contributed by atoms with E-state index >= 15 is 0 Å². The van der Waals surface area contributed by atoms with Crippen LogP contribution >= 0.6 is 0 Å². The van der Waals surface area contributed by atoms with E-state index in [0.717, 1.165) is 103 Å². The van der Waals surface area contributed by atoms with Crippen LogP contribution in [0.3, 0.4) is 0 Å². The van der Waals surface area contributed by atoms with Crippen LogP contribution in [0.1, 0.15) is 63.3 Å². The lowest BCUT2D eigenvalue weighted by Crippen LogP contribution is -2.53. The van der Waals surface area contributed by atoms with Crippen molar-refractivity contribution in [3.63, 3.8) is 0 Å². The standard InChI is InChI=1S/C35H42BN9O/c1-22(2)31(42-35-37-16-19-43(35)3)34(46)44-17-4-6-29(44)32-38-20-27(40-32)25-12-8-23(9-13-25)24-10-14-26(15-11-24)28-21-39-33(41-28)30-7-5-18-45(30)36/h8-15,20-22,29-31H,4-7,16-19H2,1-3H3,(H,37,42)(H,38,40)(H,39,41)/t29-,30-,31+/m0/s1. The molecule has 2 radical (unpaired) electrons. The van der Waals surface area contributed by atoms with Gasteiger partial charge in [-0.15, -0.1) is 0 Å². The van der Waals surface area contributed by atoms with Crippen LogP contribution in [0.5, 0.6) is 0 Å². The first kappa shape index (κ1) is 30.3. The summed E-state index contributed by atoms with van der Waals surface area (Å²) < 4.78 is 0. The number of hydrogen-bond donors (Lipinski definition) is 3. The summed E-state index contributed by atoms with van der Waals surface area (Å²) in [6.07, 6.45) is 7.76. The molecule has 1 amide bonds. The normalized spacial score (nSPS) is 20.9. The largest absolute Gasteiger partial charge is 0.345 e. The number of aliphatic imine (C=N–C) groups is 1. The zero-order valence-corrected chi connectivity index (χ0v) is 26.9. The number of benzene rings is 2. The van der Waals surface area contributed by atoms with E-state index in [9.17, 15) is 4.79 Å². The summed E-state index contributed by atoms with van der Waals surface area (Å²) in [5, 5.41) is 3.43. The van der Waals surface area contributed by atoms with E-state index in [1.54, 1.807) is 0 Å². The first-order chi connectivity index (χ1) is 22.4. The number of aromatic nitrogens is 4. The van der Waals surface area contributed by atoms with Crippen LogP contribution < -0.4 is 5.32 Å². The van der Waals surface area contributed by atoms with Gasteiger partial charge in [-0.3, -0.25) is 9.79 Å². The Labute approximate surface area is 272 Å². The molecule has 5 heterocycles. The number of aromatic amines is 2. The Balaban J connectivity index is 1.02. The molecule has 3 N–H and O–H groups in total. The van der Waals surface area contributed by atoms with Crippen LogP contribution in [0.2, 0.25) is 0 Å². The van der Waals surface area contributed by atoms with Gasteiger partial charge in [0.15, 0.2) is 13.9 Å². The maximum Gasteiger partial charge on any atom is 0.246 e. The summed E-state index contributed by atoms with van der Waals surface area (Å²) in [4.78, 5) is 40.7. The van der Waals surface area contributed by atoms with Gasteiger partial charge in [0, 0.05) is 20.1 Å². The predicted octanol–water partition coefficient (Wildman–Crippen LogP) is 4.93. The Bertz CT molecular complexity index is 1690. The van der Waals surface area contributed by atoms with Crippen LogP contribution in [-0.2, 0) is 4.79 Å². The van der Waals surface area contributed by atoms with Crippen molar-refractivity contribution >= 4 is 19.8 Å². The van der Waals surface area contributed by atoms with Gasteiger partial charge < -0.3 is 29.9 Å². The number of nitrogens with one attached hydrogen (secondary N) is 3. The molecular formula is C35H42BN9O. The predicted molar refractivity (Wildman–Crippen MR) is 182 cm³/mol. The molecule has 2 saturated heterocycles. The smallest absolute Gasteiger partial charge is 0.246 e. The molecule has 3 aliphatic rings. The molecule has 7 rings (SSSR count). The molecule has 4 aromatic rings. The van der Waals surface area contributed by atoms with Gasteiger partial charge in [-0.1, -0.05) is 62.4 Å². The third-order valence-corrected chi connectivity index (χ3v) is 9.65. The molecule has 0 aliphatic carbocycles. The summed E-state index contributed by atoms with van der Waals surface area (Å²) in [6.45, 7) is 7.43. The summed E-state index contributed by atoms with van der Waals surface area (Å²) in [7, 11) is 8.14. The van der Waals surface area contributed by atoms with Crippen LogP contribution in [0, 0.1) is 5.92 Å². The lowest BCUT2D eigenvalue weighted by molar-refractivity contribution is -0.135. The van der Waals surface area contributed by atoms with Gasteiger partial charge in [-0.2, -0.15) is 0 Å². The van der Waals surface area contributed by atoms with E-state index < -0.39 is 0 Å². The fourth-order valence-electron chi connectivity index (χ4n) is 6.91. The Morgan fingerprint density at radius 3 is 1.89 bits per heavy atom. The van der Waals surface area contributed by atoms with Crippen molar-refractivity contribution in [2.75, 3.05) is 33.2 Å². The van der Waals surface area contributed by atoms with E-state index in [0.29, 0.717) is 0 Å². The summed E-state index contributed by atoms with van der Waals surface area (Å²) >= 11 is 0. The van der Waals surface area contributed by atoms with Crippen molar-refractivity contribution < 1.29 is 4.79 Å². The first-order valence-corrected chi connectivity index (χ1v) is 16.5. The molecule has 236 valence electrons. The van der Waals surface area contributed by atoms with Crippen LogP contribution in [0.25, 0.3) is 33.6 Å². The van der Waals surface area contributed by atoms with E-state index in [1.807, 2.05) is 29.2 Å². The molecule has 46 heavy (non-hydrogen) atoms. The molecule has 10 nitrogen and oxygen atoms in total. The Hall–Kier alpha value is -4.38. The number of amides is 1. The van der Waals surface area contributed by atoms with Gasteiger partial charge in [0.25, 0.3) is 0 Å². The van der Waals surface area contributed by atoms with Crippen molar-refractivity contribution in [1.82, 2.24) is 39.9 Å². The van der Waals surface area contributed by atoms with E-state index in [1.165, 1.54) is 0 Å². The topological polar surface area (TPSA) is 109 Å².